The van der Waals surface area contributed by atoms with Crippen molar-refractivity contribution in [2.75, 3.05) is 26.9 Å². The van der Waals surface area contributed by atoms with Gasteiger partial charge < -0.3 is 19.5 Å². The van der Waals surface area contributed by atoms with Crippen molar-refractivity contribution in [2.24, 2.45) is 0 Å². The van der Waals surface area contributed by atoms with Gasteiger partial charge in [0.1, 0.15) is 5.75 Å². The molecule has 2 atom stereocenters. The van der Waals surface area contributed by atoms with Crippen LogP contribution in [-0.4, -0.2) is 54.9 Å². The van der Waals surface area contributed by atoms with Gasteiger partial charge in [-0.05, 0) is 18.6 Å². The third-order valence-electron chi connectivity index (χ3n) is 3.48. The Balaban J connectivity index is 1.96. The van der Waals surface area contributed by atoms with Crippen molar-refractivity contribution in [3.8, 4) is 5.75 Å². The molecule has 1 aliphatic rings. The summed E-state index contributed by atoms with van der Waals surface area (Å²) in [6.07, 6.45) is 0.567. The molecule has 1 amide bonds. The van der Waals surface area contributed by atoms with E-state index in [0.717, 1.165) is 0 Å². The van der Waals surface area contributed by atoms with Crippen LogP contribution in [0.4, 0.5) is 0 Å². The number of carbonyl (C=O) groups is 1. The molecule has 1 aromatic carbocycles. The first-order chi connectivity index (χ1) is 10.0. The maximum Gasteiger partial charge on any atom is 0.260 e. The molecule has 1 heterocycles. The van der Waals surface area contributed by atoms with Gasteiger partial charge in [0, 0.05) is 24.7 Å². The lowest BCUT2D eigenvalue weighted by Crippen LogP contribution is -2.40. The van der Waals surface area contributed by atoms with E-state index in [-0.39, 0.29) is 31.3 Å². The molecule has 5 nitrogen and oxygen atoms in total. The van der Waals surface area contributed by atoms with E-state index in [1.807, 2.05) is 0 Å². The minimum Gasteiger partial charge on any atom is -0.482 e. The number of aliphatic hydroxyl groups is 1. The molecular weight excluding hydrogens is 317 g/mol. The zero-order chi connectivity index (χ0) is 15.4. The Morgan fingerprint density at radius 2 is 2.24 bits per heavy atom. The van der Waals surface area contributed by atoms with Crippen molar-refractivity contribution in [3.63, 3.8) is 0 Å². The highest BCUT2D eigenvalue weighted by Gasteiger charge is 2.34. The minimum atomic E-state index is -0.235. The van der Waals surface area contributed by atoms with E-state index in [4.69, 9.17) is 32.7 Å². The highest BCUT2D eigenvalue weighted by Crippen LogP contribution is 2.28. The first-order valence-electron chi connectivity index (χ1n) is 6.56. The van der Waals surface area contributed by atoms with Gasteiger partial charge in [-0.1, -0.05) is 23.2 Å². The summed E-state index contributed by atoms with van der Waals surface area (Å²) in [5, 5.41) is 10.2. The number of hydrogen-bond donors (Lipinski definition) is 1. The summed E-state index contributed by atoms with van der Waals surface area (Å²) in [7, 11) is 1.59. The molecule has 0 unspecified atom stereocenters. The molecule has 0 bridgehead atoms. The minimum absolute atomic E-state index is 0.0548. The maximum absolute atomic E-state index is 12.2. The van der Waals surface area contributed by atoms with Crippen LogP contribution in [0.3, 0.4) is 0 Å². The molecule has 0 spiro atoms. The molecule has 0 radical (unpaired) electrons. The normalized spacial score (nSPS) is 21.6. The van der Waals surface area contributed by atoms with Gasteiger partial charge >= 0.3 is 0 Å². The van der Waals surface area contributed by atoms with Gasteiger partial charge in [0.25, 0.3) is 5.91 Å². The molecule has 1 aromatic rings. The SMILES string of the molecule is CO[C@H]1C[C@@H](CO)N(C(=O)COc2cc(Cl)ccc2Cl)C1. The molecule has 0 aromatic heterocycles. The van der Waals surface area contributed by atoms with E-state index in [1.54, 1.807) is 30.2 Å². The summed E-state index contributed by atoms with van der Waals surface area (Å²) < 4.78 is 10.7. The lowest BCUT2D eigenvalue weighted by atomic mass is 10.2. The summed E-state index contributed by atoms with van der Waals surface area (Å²) in [4.78, 5) is 13.8. The number of methoxy groups -OCH3 is 1. The molecule has 1 aliphatic heterocycles. The Morgan fingerprint density at radius 3 is 2.90 bits per heavy atom. The van der Waals surface area contributed by atoms with Gasteiger partial charge in [-0.15, -0.1) is 0 Å². The molecule has 21 heavy (non-hydrogen) atoms. The lowest BCUT2D eigenvalue weighted by Gasteiger charge is -2.22. The second-order valence-electron chi connectivity index (χ2n) is 4.84. The largest absolute Gasteiger partial charge is 0.482 e. The maximum atomic E-state index is 12.2. The zero-order valence-electron chi connectivity index (χ0n) is 11.6. The Morgan fingerprint density at radius 1 is 1.48 bits per heavy atom. The summed E-state index contributed by atoms with van der Waals surface area (Å²) in [5.41, 5.74) is 0. The van der Waals surface area contributed by atoms with Crippen LogP contribution in [-0.2, 0) is 9.53 Å². The molecule has 7 heteroatoms. The van der Waals surface area contributed by atoms with Crippen molar-refractivity contribution >= 4 is 29.1 Å². The Hall–Kier alpha value is -1.01. The van der Waals surface area contributed by atoms with E-state index in [1.165, 1.54) is 0 Å². The van der Waals surface area contributed by atoms with Gasteiger partial charge in [0.2, 0.25) is 0 Å². The summed E-state index contributed by atoms with van der Waals surface area (Å²) in [5.74, 6) is 0.144. The van der Waals surface area contributed by atoms with E-state index in [0.29, 0.717) is 28.8 Å². The van der Waals surface area contributed by atoms with Crippen LogP contribution in [0.1, 0.15) is 6.42 Å². The molecule has 0 aliphatic carbocycles. The van der Waals surface area contributed by atoms with Crippen LogP contribution in [0.25, 0.3) is 0 Å². The number of halogens is 2. The van der Waals surface area contributed by atoms with Crippen LogP contribution in [0.2, 0.25) is 10.0 Å². The van der Waals surface area contributed by atoms with Crippen LogP contribution >= 0.6 is 23.2 Å². The second kappa shape index (κ2) is 7.31. The van der Waals surface area contributed by atoms with Crippen molar-refractivity contribution in [1.29, 1.82) is 0 Å². The standard InChI is InChI=1S/C14H17Cl2NO4/c1-20-11-5-10(7-18)17(6-11)14(19)8-21-13-4-9(15)2-3-12(13)16/h2-4,10-11,18H,5-8H2,1H3/t10-,11-/m0/s1. The van der Waals surface area contributed by atoms with E-state index in [2.05, 4.69) is 0 Å². The molecular formula is C14H17Cl2NO4. The molecule has 1 N–H and O–H groups in total. The smallest absolute Gasteiger partial charge is 0.260 e. The summed E-state index contributed by atoms with van der Waals surface area (Å²) >= 11 is 11.8. The first-order valence-corrected chi connectivity index (χ1v) is 7.31. The number of rotatable bonds is 5. The fourth-order valence-electron chi connectivity index (χ4n) is 2.33. The molecule has 1 fully saturated rings. The number of hydrogen-bond acceptors (Lipinski definition) is 4. The van der Waals surface area contributed by atoms with E-state index in [9.17, 15) is 9.90 Å². The zero-order valence-corrected chi connectivity index (χ0v) is 13.1. The highest BCUT2D eigenvalue weighted by atomic mass is 35.5. The Kier molecular flexibility index (Phi) is 5.70. The monoisotopic (exact) mass is 333 g/mol. The second-order valence-corrected chi connectivity index (χ2v) is 5.68. The number of ether oxygens (including phenoxy) is 2. The fourth-order valence-corrected chi connectivity index (χ4v) is 2.67. The van der Waals surface area contributed by atoms with Gasteiger partial charge in [0.05, 0.1) is 23.8 Å². The third-order valence-corrected chi connectivity index (χ3v) is 4.03. The molecule has 2 rings (SSSR count). The number of likely N-dealkylation sites (tertiary alicyclic amines) is 1. The van der Waals surface area contributed by atoms with Crippen molar-refractivity contribution in [2.45, 2.75) is 18.6 Å². The number of amides is 1. The van der Waals surface area contributed by atoms with Crippen LogP contribution in [0.15, 0.2) is 18.2 Å². The Labute approximate surface area is 133 Å². The first kappa shape index (κ1) is 16.4. The van der Waals surface area contributed by atoms with Crippen molar-refractivity contribution in [1.82, 2.24) is 4.90 Å². The number of benzene rings is 1. The van der Waals surface area contributed by atoms with Gasteiger partial charge in [0.15, 0.2) is 6.61 Å². The van der Waals surface area contributed by atoms with Crippen LogP contribution in [0.5, 0.6) is 5.75 Å². The predicted molar refractivity (Wildman–Crippen MR) is 80.0 cm³/mol. The predicted octanol–water partition coefficient (Wildman–Crippen LogP) is 1.98. The number of carbonyl (C=O) groups excluding carboxylic acids is 1. The average Bonchev–Trinajstić information content (AvgIpc) is 2.91. The van der Waals surface area contributed by atoms with Gasteiger partial charge in [-0.25, -0.2) is 0 Å². The average molecular weight is 334 g/mol. The van der Waals surface area contributed by atoms with Crippen LogP contribution in [0, 0.1) is 0 Å². The highest BCUT2D eigenvalue weighted by molar-refractivity contribution is 6.34. The summed E-state index contributed by atoms with van der Waals surface area (Å²) in [6, 6.07) is 4.57. The lowest BCUT2D eigenvalue weighted by molar-refractivity contribution is -0.135. The van der Waals surface area contributed by atoms with E-state index >= 15 is 0 Å². The fraction of sp³-hybridized carbons (Fsp3) is 0.500. The number of aliphatic hydroxyl groups excluding tert-OH is 1. The van der Waals surface area contributed by atoms with Crippen molar-refractivity contribution < 1.29 is 19.4 Å². The summed E-state index contributed by atoms with van der Waals surface area (Å²) in [6.45, 7) is 0.198. The van der Waals surface area contributed by atoms with Gasteiger partial charge in [-0.2, -0.15) is 0 Å². The third kappa shape index (κ3) is 4.01. The molecule has 1 saturated heterocycles. The van der Waals surface area contributed by atoms with E-state index < -0.39 is 0 Å². The topological polar surface area (TPSA) is 59.0 Å². The number of nitrogens with zero attached hydrogens (tertiary/aromatic N) is 1. The quantitative estimate of drug-likeness (QED) is 0.895. The van der Waals surface area contributed by atoms with Crippen molar-refractivity contribution in [3.05, 3.63) is 28.2 Å². The molecule has 0 saturated carbocycles. The molecule has 116 valence electrons. The van der Waals surface area contributed by atoms with Crippen LogP contribution < -0.4 is 4.74 Å². The Bertz CT molecular complexity index is 512. The van der Waals surface area contributed by atoms with Gasteiger partial charge in [-0.3, -0.25) is 4.79 Å².